The van der Waals surface area contributed by atoms with E-state index in [4.69, 9.17) is 9.47 Å². The van der Waals surface area contributed by atoms with Gasteiger partial charge in [-0.1, -0.05) is 24.6 Å². The lowest BCUT2D eigenvalue weighted by Gasteiger charge is -2.21. The number of hydrogen-bond donors (Lipinski definition) is 1. The molecule has 0 spiro atoms. The van der Waals surface area contributed by atoms with Gasteiger partial charge in [0.15, 0.2) is 0 Å². The zero-order valence-electron chi connectivity index (χ0n) is 13.5. The van der Waals surface area contributed by atoms with Gasteiger partial charge in [0.1, 0.15) is 5.75 Å². The summed E-state index contributed by atoms with van der Waals surface area (Å²) in [5.74, 6) is 2.11. The highest BCUT2D eigenvalue weighted by molar-refractivity contribution is 7.85. The van der Waals surface area contributed by atoms with Gasteiger partial charge < -0.3 is 14.8 Å². The van der Waals surface area contributed by atoms with Crippen molar-refractivity contribution in [3.63, 3.8) is 0 Å². The van der Waals surface area contributed by atoms with E-state index < -0.39 is 10.8 Å². The molecule has 0 fully saturated rings. The molecule has 4 nitrogen and oxygen atoms in total. The van der Waals surface area contributed by atoms with Gasteiger partial charge in [0.2, 0.25) is 0 Å². The second-order valence-electron chi connectivity index (χ2n) is 5.01. The standard InChI is InChI=1S/C16H27NO3S/c1-5-17-15(12-21(18)10-6-9-19-3)14-11-13(2)7-8-16(14)20-4/h7-8,11,15,17H,5-6,9-10,12H2,1-4H3. The monoisotopic (exact) mass is 313 g/mol. The average molecular weight is 313 g/mol. The third-order valence-corrected chi connectivity index (χ3v) is 4.73. The molecule has 0 aliphatic rings. The lowest BCUT2D eigenvalue weighted by Crippen LogP contribution is -2.27. The molecular weight excluding hydrogens is 286 g/mol. The van der Waals surface area contributed by atoms with Crippen molar-refractivity contribution in [1.82, 2.24) is 5.32 Å². The summed E-state index contributed by atoms with van der Waals surface area (Å²) < 4.78 is 22.7. The fraction of sp³-hybridized carbons (Fsp3) is 0.625. The van der Waals surface area contributed by atoms with Gasteiger partial charge >= 0.3 is 0 Å². The molecule has 0 saturated heterocycles. The molecule has 1 aromatic rings. The Morgan fingerprint density at radius 2 is 2.10 bits per heavy atom. The zero-order valence-corrected chi connectivity index (χ0v) is 14.3. The summed E-state index contributed by atoms with van der Waals surface area (Å²) in [6.07, 6.45) is 0.826. The van der Waals surface area contributed by atoms with Crippen molar-refractivity contribution in [2.75, 3.05) is 38.9 Å². The number of benzene rings is 1. The number of methoxy groups -OCH3 is 2. The van der Waals surface area contributed by atoms with Crippen LogP contribution in [-0.4, -0.2) is 43.1 Å². The first-order valence-electron chi connectivity index (χ1n) is 7.34. The third-order valence-electron chi connectivity index (χ3n) is 3.28. The zero-order chi connectivity index (χ0) is 15.7. The van der Waals surface area contributed by atoms with Crippen molar-refractivity contribution in [1.29, 1.82) is 0 Å². The van der Waals surface area contributed by atoms with Crippen LogP contribution in [0.1, 0.15) is 30.5 Å². The average Bonchev–Trinajstić information content (AvgIpc) is 2.47. The van der Waals surface area contributed by atoms with Gasteiger partial charge in [0.25, 0.3) is 0 Å². The Morgan fingerprint density at radius 1 is 1.33 bits per heavy atom. The fourth-order valence-electron chi connectivity index (χ4n) is 2.26. The second-order valence-corrected chi connectivity index (χ2v) is 6.63. The Bertz CT molecular complexity index is 451. The molecule has 1 rings (SSSR count). The molecule has 2 atom stereocenters. The summed E-state index contributed by atoms with van der Waals surface area (Å²) in [5, 5.41) is 3.42. The molecule has 5 heteroatoms. The maximum absolute atomic E-state index is 12.2. The molecule has 0 bridgehead atoms. The lowest BCUT2D eigenvalue weighted by molar-refractivity contribution is 0.200. The van der Waals surface area contributed by atoms with E-state index in [1.807, 2.05) is 12.1 Å². The minimum Gasteiger partial charge on any atom is -0.496 e. The van der Waals surface area contributed by atoms with Crippen molar-refractivity contribution in [2.24, 2.45) is 0 Å². The minimum absolute atomic E-state index is 0.0493. The highest BCUT2D eigenvalue weighted by atomic mass is 32.2. The molecular formula is C16H27NO3S. The first-order valence-corrected chi connectivity index (χ1v) is 8.83. The molecule has 1 aromatic carbocycles. The molecule has 2 unspecified atom stereocenters. The van der Waals surface area contributed by atoms with E-state index in [1.165, 1.54) is 5.56 Å². The summed E-state index contributed by atoms with van der Waals surface area (Å²) in [6, 6.07) is 6.16. The lowest BCUT2D eigenvalue weighted by atomic mass is 10.0. The van der Waals surface area contributed by atoms with Crippen LogP contribution < -0.4 is 10.1 Å². The van der Waals surface area contributed by atoms with Gasteiger partial charge in [0, 0.05) is 47.6 Å². The molecule has 0 aromatic heterocycles. The fourth-order valence-corrected chi connectivity index (χ4v) is 3.54. The maximum atomic E-state index is 12.2. The second kappa shape index (κ2) is 9.92. The van der Waals surface area contributed by atoms with Crippen LogP contribution in [0.3, 0.4) is 0 Å². The van der Waals surface area contributed by atoms with Crippen LogP contribution >= 0.6 is 0 Å². The Kier molecular flexibility index (Phi) is 8.57. The summed E-state index contributed by atoms with van der Waals surface area (Å²) in [4.78, 5) is 0. The van der Waals surface area contributed by atoms with Gasteiger partial charge in [-0.25, -0.2) is 0 Å². The van der Waals surface area contributed by atoms with E-state index in [0.717, 1.165) is 24.3 Å². The summed E-state index contributed by atoms with van der Waals surface area (Å²) in [6.45, 7) is 5.60. The first kappa shape index (κ1) is 18.1. The van der Waals surface area contributed by atoms with E-state index in [1.54, 1.807) is 14.2 Å². The van der Waals surface area contributed by atoms with E-state index in [-0.39, 0.29) is 6.04 Å². The van der Waals surface area contributed by atoms with E-state index in [9.17, 15) is 4.21 Å². The topological polar surface area (TPSA) is 47.6 Å². The molecule has 0 amide bonds. The summed E-state index contributed by atoms with van der Waals surface area (Å²) in [5.41, 5.74) is 2.26. The smallest absolute Gasteiger partial charge is 0.123 e. The van der Waals surface area contributed by atoms with E-state index >= 15 is 0 Å². The highest BCUT2D eigenvalue weighted by Crippen LogP contribution is 2.27. The predicted octanol–water partition coefficient (Wildman–Crippen LogP) is 2.44. The highest BCUT2D eigenvalue weighted by Gasteiger charge is 2.18. The Hall–Kier alpha value is -0.910. The van der Waals surface area contributed by atoms with E-state index in [2.05, 4.69) is 25.2 Å². The predicted molar refractivity (Wildman–Crippen MR) is 88.5 cm³/mol. The SMILES string of the molecule is CCNC(CS(=O)CCCOC)c1cc(C)ccc1OC. The summed E-state index contributed by atoms with van der Waals surface area (Å²) >= 11 is 0. The molecule has 21 heavy (non-hydrogen) atoms. The van der Waals surface area contributed by atoms with Crippen LogP contribution in [0.4, 0.5) is 0 Å². The Morgan fingerprint density at radius 3 is 2.71 bits per heavy atom. The maximum Gasteiger partial charge on any atom is 0.123 e. The van der Waals surface area contributed by atoms with E-state index in [0.29, 0.717) is 18.1 Å². The number of nitrogens with one attached hydrogen (secondary N) is 1. The van der Waals surface area contributed by atoms with Crippen LogP contribution in [0.2, 0.25) is 0 Å². The van der Waals surface area contributed by atoms with Crippen LogP contribution in [0.5, 0.6) is 5.75 Å². The molecule has 0 heterocycles. The number of rotatable bonds is 10. The Balaban J connectivity index is 2.81. The van der Waals surface area contributed by atoms with Crippen molar-refractivity contribution in [2.45, 2.75) is 26.3 Å². The molecule has 120 valence electrons. The van der Waals surface area contributed by atoms with Crippen molar-refractivity contribution < 1.29 is 13.7 Å². The van der Waals surface area contributed by atoms with Crippen molar-refractivity contribution >= 4 is 10.8 Å². The van der Waals surface area contributed by atoms with Crippen LogP contribution in [-0.2, 0) is 15.5 Å². The molecule has 0 radical (unpaired) electrons. The number of ether oxygens (including phenoxy) is 2. The largest absolute Gasteiger partial charge is 0.496 e. The third kappa shape index (κ3) is 6.16. The normalized spacial score (nSPS) is 13.9. The molecule has 0 aliphatic heterocycles. The first-order chi connectivity index (χ1) is 10.1. The Labute approximate surface area is 130 Å². The molecule has 0 saturated carbocycles. The van der Waals surface area contributed by atoms with Gasteiger partial charge in [-0.2, -0.15) is 0 Å². The molecule has 1 N–H and O–H groups in total. The van der Waals surface area contributed by atoms with Gasteiger partial charge in [-0.15, -0.1) is 0 Å². The van der Waals surface area contributed by atoms with Crippen LogP contribution in [0.15, 0.2) is 18.2 Å². The van der Waals surface area contributed by atoms with Crippen molar-refractivity contribution in [3.8, 4) is 5.75 Å². The van der Waals surface area contributed by atoms with Gasteiger partial charge in [0.05, 0.1) is 7.11 Å². The molecule has 0 aliphatic carbocycles. The van der Waals surface area contributed by atoms with Crippen LogP contribution in [0.25, 0.3) is 0 Å². The minimum atomic E-state index is -0.868. The van der Waals surface area contributed by atoms with Crippen molar-refractivity contribution in [3.05, 3.63) is 29.3 Å². The quantitative estimate of drug-likeness (QED) is 0.674. The van der Waals surface area contributed by atoms with Gasteiger partial charge in [-0.05, 0) is 26.0 Å². The summed E-state index contributed by atoms with van der Waals surface area (Å²) in [7, 11) is 2.47. The number of hydrogen-bond acceptors (Lipinski definition) is 4. The van der Waals surface area contributed by atoms with Gasteiger partial charge in [-0.3, -0.25) is 4.21 Å². The number of aryl methyl sites for hydroxylation is 1. The van der Waals surface area contributed by atoms with Crippen LogP contribution in [0, 0.1) is 6.92 Å².